The highest BCUT2D eigenvalue weighted by molar-refractivity contribution is 7.99. The SMILES string of the molecule is CCCSc1nc2n(n1)C(c1cc(OC)c(OC)c(OC)c1)C1=C(CCCC1=O)N2. The van der Waals surface area contributed by atoms with Crippen LogP contribution in [0.3, 0.4) is 0 Å². The van der Waals surface area contributed by atoms with Crippen molar-refractivity contribution in [3.63, 3.8) is 0 Å². The fourth-order valence-electron chi connectivity index (χ4n) is 3.96. The maximum atomic E-state index is 13.0. The van der Waals surface area contributed by atoms with E-state index in [0.717, 1.165) is 41.8 Å². The molecule has 0 radical (unpaired) electrons. The van der Waals surface area contributed by atoms with Crippen LogP contribution in [-0.4, -0.2) is 47.6 Å². The molecule has 0 saturated heterocycles. The van der Waals surface area contributed by atoms with Gasteiger partial charge in [-0.25, -0.2) is 4.68 Å². The molecule has 1 N–H and O–H groups in total. The second-order valence-electron chi connectivity index (χ2n) is 7.17. The summed E-state index contributed by atoms with van der Waals surface area (Å²) in [5, 5.41) is 8.78. The predicted molar refractivity (Wildman–Crippen MR) is 115 cm³/mol. The van der Waals surface area contributed by atoms with Crippen LogP contribution in [-0.2, 0) is 4.79 Å². The third kappa shape index (κ3) is 3.51. The topological polar surface area (TPSA) is 87.5 Å². The van der Waals surface area contributed by atoms with E-state index in [4.69, 9.17) is 19.3 Å². The number of hydrogen-bond acceptors (Lipinski definition) is 8. The van der Waals surface area contributed by atoms with Crippen molar-refractivity contribution >= 4 is 23.5 Å². The van der Waals surface area contributed by atoms with E-state index in [1.807, 2.05) is 12.1 Å². The first kappa shape index (κ1) is 20.6. The van der Waals surface area contributed by atoms with E-state index >= 15 is 0 Å². The van der Waals surface area contributed by atoms with E-state index in [9.17, 15) is 4.79 Å². The number of fused-ring (bicyclic) bond motifs is 1. The van der Waals surface area contributed by atoms with Gasteiger partial charge in [0, 0.05) is 23.4 Å². The number of ether oxygens (including phenoxy) is 3. The minimum atomic E-state index is -0.402. The first-order valence-corrected chi connectivity index (χ1v) is 11.0. The lowest BCUT2D eigenvalue weighted by Gasteiger charge is -2.32. The van der Waals surface area contributed by atoms with Crippen molar-refractivity contribution < 1.29 is 19.0 Å². The Hall–Kier alpha value is -2.68. The van der Waals surface area contributed by atoms with Gasteiger partial charge < -0.3 is 19.5 Å². The molecule has 2 aliphatic rings. The number of anilines is 1. The molecular formula is C21H26N4O4S. The molecule has 8 nitrogen and oxygen atoms in total. The normalized spacial score (nSPS) is 17.9. The lowest BCUT2D eigenvalue weighted by Crippen LogP contribution is -2.31. The molecule has 1 aromatic heterocycles. The summed E-state index contributed by atoms with van der Waals surface area (Å²) in [6.45, 7) is 2.12. The number of Topliss-reactive ketones (excluding diaryl/α,β-unsaturated/α-hetero) is 1. The smallest absolute Gasteiger partial charge is 0.227 e. The van der Waals surface area contributed by atoms with Crippen LogP contribution >= 0.6 is 11.8 Å². The third-order valence-corrected chi connectivity index (χ3v) is 6.33. The zero-order valence-electron chi connectivity index (χ0n) is 17.7. The molecule has 2 aromatic rings. The number of aromatic nitrogens is 3. The molecule has 0 bridgehead atoms. The maximum Gasteiger partial charge on any atom is 0.227 e. The van der Waals surface area contributed by atoms with Crippen LogP contribution in [0.25, 0.3) is 0 Å². The monoisotopic (exact) mass is 430 g/mol. The van der Waals surface area contributed by atoms with Crippen LogP contribution in [0.2, 0.25) is 0 Å². The highest BCUT2D eigenvalue weighted by atomic mass is 32.2. The summed E-state index contributed by atoms with van der Waals surface area (Å²) in [4.78, 5) is 17.7. The Bertz CT molecular complexity index is 976. The van der Waals surface area contributed by atoms with Gasteiger partial charge in [-0.3, -0.25) is 4.79 Å². The van der Waals surface area contributed by atoms with Gasteiger partial charge in [-0.15, -0.1) is 5.10 Å². The van der Waals surface area contributed by atoms with E-state index in [1.165, 1.54) is 0 Å². The summed E-state index contributed by atoms with van der Waals surface area (Å²) in [7, 11) is 4.74. The van der Waals surface area contributed by atoms with Gasteiger partial charge >= 0.3 is 0 Å². The van der Waals surface area contributed by atoms with Gasteiger partial charge in [0.25, 0.3) is 0 Å². The summed E-state index contributed by atoms with van der Waals surface area (Å²) in [6, 6.07) is 3.36. The van der Waals surface area contributed by atoms with Crippen molar-refractivity contribution in [2.24, 2.45) is 0 Å². The van der Waals surface area contributed by atoms with Crippen LogP contribution in [0, 0.1) is 0 Å². The molecule has 0 fully saturated rings. The van der Waals surface area contributed by atoms with Crippen molar-refractivity contribution in [2.75, 3.05) is 32.4 Å². The number of carbonyl (C=O) groups is 1. The fraction of sp³-hybridized carbons (Fsp3) is 0.476. The molecule has 160 valence electrons. The summed E-state index contributed by atoms with van der Waals surface area (Å²) >= 11 is 1.61. The van der Waals surface area contributed by atoms with Gasteiger partial charge in [-0.1, -0.05) is 18.7 Å². The predicted octanol–water partition coefficient (Wildman–Crippen LogP) is 3.83. The lowest BCUT2D eigenvalue weighted by molar-refractivity contribution is -0.116. The van der Waals surface area contributed by atoms with Crippen molar-refractivity contribution in [1.82, 2.24) is 14.8 Å². The fourth-order valence-corrected chi connectivity index (χ4v) is 4.64. The molecular weight excluding hydrogens is 404 g/mol. The Labute approximate surface area is 180 Å². The Morgan fingerprint density at radius 1 is 1.17 bits per heavy atom. The number of nitrogens with zero attached hydrogens (tertiary/aromatic N) is 3. The van der Waals surface area contributed by atoms with Gasteiger partial charge in [0.2, 0.25) is 16.9 Å². The molecule has 1 atom stereocenters. The largest absolute Gasteiger partial charge is 0.493 e. The number of carbonyl (C=O) groups excluding carboxylic acids is 1. The molecule has 1 unspecified atom stereocenters. The van der Waals surface area contributed by atoms with Crippen LogP contribution < -0.4 is 19.5 Å². The molecule has 0 saturated carbocycles. The minimum Gasteiger partial charge on any atom is -0.493 e. The van der Waals surface area contributed by atoms with E-state index in [2.05, 4.69) is 17.2 Å². The Morgan fingerprint density at radius 3 is 2.53 bits per heavy atom. The minimum absolute atomic E-state index is 0.131. The maximum absolute atomic E-state index is 13.0. The third-order valence-electron chi connectivity index (χ3n) is 5.29. The average molecular weight is 431 g/mol. The molecule has 0 spiro atoms. The van der Waals surface area contributed by atoms with Gasteiger partial charge in [0.05, 0.1) is 21.3 Å². The summed E-state index contributed by atoms with van der Waals surface area (Å²) < 4.78 is 18.4. The first-order chi connectivity index (χ1) is 14.6. The highest BCUT2D eigenvalue weighted by Gasteiger charge is 2.37. The molecule has 1 aliphatic carbocycles. The van der Waals surface area contributed by atoms with Crippen LogP contribution in [0.15, 0.2) is 28.6 Å². The number of thioether (sulfide) groups is 1. The van der Waals surface area contributed by atoms with Crippen molar-refractivity contribution in [3.8, 4) is 17.2 Å². The van der Waals surface area contributed by atoms with Crippen molar-refractivity contribution in [2.45, 2.75) is 43.8 Å². The van der Waals surface area contributed by atoms with Crippen molar-refractivity contribution in [1.29, 1.82) is 0 Å². The highest BCUT2D eigenvalue weighted by Crippen LogP contribution is 2.45. The molecule has 9 heteroatoms. The standard InChI is InChI=1S/C21H26N4O4S/c1-5-9-30-21-23-20-22-13-7-6-8-14(26)17(13)18(25(20)24-21)12-10-15(27-2)19(29-4)16(11-12)28-3/h10-11,18H,5-9H2,1-4H3,(H,22,23,24). The Balaban J connectivity index is 1.89. The van der Waals surface area contributed by atoms with E-state index in [1.54, 1.807) is 37.8 Å². The van der Waals surface area contributed by atoms with Gasteiger partial charge in [-0.05, 0) is 37.0 Å². The van der Waals surface area contributed by atoms with Crippen LogP contribution in [0.4, 0.5) is 5.95 Å². The summed E-state index contributed by atoms with van der Waals surface area (Å²) in [6.07, 6.45) is 3.21. The zero-order chi connectivity index (χ0) is 21.3. The second-order valence-corrected chi connectivity index (χ2v) is 8.23. The number of hydrogen-bond donors (Lipinski definition) is 1. The first-order valence-electron chi connectivity index (χ1n) is 10.0. The molecule has 1 aliphatic heterocycles. The number of rotatable bonds is 7. The summed E-state index contributed by atoms with van der Waals surface area (Å²) in [5.41, 5.74) is 2.50. The Kier molecular flexibility index (Phi) is 5.90. The molecule has 1 aromatic carbocycles. The number of methoxy groups -OCH3 is 3. The number of allylic oxidation sites excluding steroid dienone is 2. The molecule has 30 heavy (non-hydrogen) atoms. The molecule has 0 amide bonds. The lowest BCUT2D eigenvalue weighted by atomic mass is 9.85. The van der Waals surface area contributed by atoms with E-state index in [0.29, 0.717) is 34.8 Å². The van der Waals surface area contributed by atoms with E-state index < -0.39 is 6.04 Å². The molecule has 4 rings (SSSR count). The van der Waals surface area contributed by atoms with Gasteiger partial charge in [0.1, 0.15) is 6.04 Å². The average Bonchev–Trinajstić information content (AvgIpc) is 3.17. The van der Waals surface area contributed by atoms with Gasteiger partial charge in [-0.2, -0.15) is 4.98 Å². The van der Waals surface area contributed by atoms with Gasteiger partial charge in [0.15, 0.2) is 17.3 Å². The van der Waals surface area contributed by atoms with Crippen LogP contribution in [0.1, 0.15) is 44.2 Å². The quantitative estimate of drug-likeness (QED) is 0.663. The van der Waals surface area contributed by atoms with E-state index in [-0.39, 0.29) is 5.78 Å². The Morgan fingerprint density at radius 2 is 1.90 bits per heavy atom. The number of nitrogens with one attached hydrogen (secondary N) is 1. The summed E-state index contributed by atoms with van der Waals surface area (Å²) in [5.74, 6) is 3.31. The zero-order valence-corrected chi connectivity index (χ0v) is 18.5. The molecule has 2 heterocycles. The second kappa shape index (κ2) is 8.59. The number of benzene rings is 1. The van der Waals surface area contributed by atoms with Crippen molar-refractivity contribution in [3.05, 3.63) is 29.0 Å². The number of ketones is 1. The van der Waals surface area contributed by atoms with Crippen LogP contribution in [0.5, 0.6) is 17.2 Å².